The number of nitrogens with one attached hydrogen (secondary N) is 1. The summed E-state index contributed by atoms with van der Waals surface area (Å²) in [5.74, 6) is -1.58. The zero-order chi connectivity index (χ0) is 18.0. The molecule has 0 spiro atoms. The van der Waals surface area contributed by atoms with Crippen molar-refractivity contribution in [3.8, 4) is 5.75 Å². The van der Waals surface area contributed by atoms with E-state index in [2.05, 4.69) is 4.98 Å². The molecule has 0 aliphatic heterocycles. The van der Waals surface area contributed by atoms with Crippen molar-refractivity contribution in [3.05, 3.63) is 52.3 Å². The van der Waals surface area contributed by atoms with E-state index in [9.17, 15) is 19.5 Å². The van der Waals surface area contributed by atoms with E-state index in [1.165, 1.54) is 26.0 Å². The fraction of sp³-hybridized carbons (Fsp3) is 0.278. The van der Waals surface area contributed by atoms with Crippen molar-refractivity contribution in [2.75, 3.05) is 0 Å². The van der Waals surface area contributed by atoms with Gasteiger partial charge in [-0.05, 0) is 45.4 Å². The zero-order valence-corrected chi connectivity index (χ0v) is 14.0. The highest BCUT2D eigenvalue weighted by Crippen LogP contribution is 2.22. The van der Waals surface area contributed by atoms with Gasteiger partial charge in [-0.3, -0.25) is 9.59 Å². The monoisotopic (exact) mass is 329 g/mol. The lowest BCUT2D eigenvalue weighted by molar-refractivity contribution is 0.0314. The van der Waals surface area contributed by atoms with Crippen LogP contribution in [-0.2, 0) is 4.74 Å². The average Bonchev–Trinajstić information content (AvgIpc) is 2.81. The number of phenolic OH excluding ortho intramolecular Hbond substituents is 1. The van der Waals surface area contributed by atoms with Gasteiger partial charge >= 0.3 is 5.97 Å². The summed E-state index contributed by atoms with van der Waals surface area (Å²) in [5, 5.41) is 9.66. The molecule has 1 unspecified atom stereocenters. The molecule has 6 heteroatoms. The summed E-state index contributed by atoms with van der Waals surface area (Å²) in [6.45, 7) is 6.26. The van der Waals surface area contributed by atoms with Crippen LogP contribution in [0.25, 0.3) is 0 Å². The highest BCUT2D eigenvalue weighted by molar-refractivity contribution is 6.05. The van der Waals surface area contributed by atoms with Crippen molar-refractivity contribution >= 4 is 17.5 Å². The molecule has 1 aromatic carbocycles. The molecule has 0 bridgehead atoms. The number of ether oxygens (including phenoxy) is 1. The Morgan fingerprint density at radius 2 is 1.79 bits per heavy atom. The van der Waals surface area contributed by atoms with Gasteiger partial charge in [-0.1, -0.05) is 12.1 Å². The van der Waals surface area contributed by atoms with Gasteiger partial charge in [-0.25, -0.2) is 4.79 Å². The molecule has 2 N–H and O–H groups in total. The maximum atomic E-state index is 12.5. The number of carbonyl (C=O) groups excluding carboxylic acids is 3. The van der Waals surface area contributed by atoms with Gasteiger partial charge in [0.25, 0.3) is 0 Å². The Balaban J connectivity index is 2.22. The minimum atomic E-state index is -1.06. The number of esters is 1. The predicted molar refractivity (Wildman–Crippen MR) is 87.6 cm³/mol. The first-order valence-electron chi connectivity index (χ1n) is 7.47. The Bertz CT molecular complexity index is 819. The molecule has 1 aromatic heterocycles. The van der Waals surface area contributed by atoms with Crippen LogP contribution in [0.1, 0.15) is 56.3 Å². The van der Waals surface area contributed by atoms with Gasteiger partial charge in [-0.2, -0.15) is 0 Å². The number of hydrogen-bond donors (Lipinski definition) is 2. The number of rotatable bonds is 5. The lowest BCUT2D eigenvalue weighted by Gasteiger charge is -2.12. The second kappa shape index (κ2) is 6.70. The quantitative estimate of drug-likeness (QED) is 0.649. The Hall–Kier alpha value is -2.89. The van der Waals surface area contributed by atoms with Crippen molar-refractivity contribution in [1.29, 1.82) is 0 Å². The maximum absolute atomic E-state index is 12.5. The SMILES string of the molecule is CC(=O)c1c(C)[nH]c(C(=O)C(C)OC(=O)c2ccccc2O)c1C. The van der Waals surface area contributed by atoms with Crippen molar-refractivity contribution in [2.24, 2.45) is 0 Å². The van der Waals surface area contributed by atoms with Crippen LogP contribution in [0, 0.1) is 13.8 Å². The summed E-state index contributed by atoms with van der Waals surface area (Å²) in [4.78, 5) is 39.1. The first-order valence-corrected chi connectivity index (χ1v) is 7.47. The molecule has 0 aliphatic rings. The van der Waals surface area contributed by atoms with E-state index in [1.54, 1.807) is 26.0 Å². The smallest absolute Gasteiger partial charge is 0.342 e. The van der Waals surface area contributed by atoms with Gasteiger partial charge in [-0.15, -0.1) is 0 Å². The molecule has 0 aliphatic carbocycles. The molecule has 0 amide bonds. The van der Waals surface area contributed by atoms with Crippen LogP contribution in [0.3, 0.4) is 0 Å². The van der Waals surface area contributed by atoms with Crippen LogP contribution < -0.4 is 0 Å². The molecule has 1 heterocycles. The molecule has 126 valence electrons. The standard InChI is InChI=1S/C18H19NO5/c1-9-15(11(3)20)10(2)19-16(9)17(22)12(4)24-18(23)13-7-5-6-8-14(13)21/h5-8,12,19,21H,1-4H3. The number of Topliss-reactive ketones (excluding diaryl/α,β-unsaturated/α-hetero) is 2. The van der Waals surface area contributed by atoms with E-state index in [4.69, 9.17) is 4.74 Å². The van der Waals surface area contributed by atoms with E-state index >= 15 is 0 Å². The van der Waals surface area contributed by atoms with Gasteiger partial charge in [0.1, 0.15) is 11.3 Å². The Morgan fingerprint density at radius 3 is 2.33 bits per heavy atom. The number of para-hydroxylation sites is 1. The number of hydrogen-bond acceptors (Lipinski definition) is 5. The average molecular weight is 329 g/mol. The van der Waals surface area contributed by atoms with Crippen LogP contribution in [0.15, 0.2) is 24.3 Å². The first-order chi connectivity index (χ1) is 11.2. The van der Waals surface area contributed by atoms with Crippen LogP contribution in [0.4, 0.5) is 0 Å². The second-order valence-electron chi connectivity index (χ2n) is 5.61. The summed E-state index contributed by atoms with van der Waals surface area (Å²) < 4.78 is 5.14. The number of ketones is 2. The Kier molecular flexibility index (Phi) is 4.87. The van der Waals surface area contributed by atoms with Crippen molar-refractivity contribution in [3.63, 3.8) is 0 Å². The highest BCUT2D eigenvalue weighted by Gasteiger charge is 2.26. The third-order valence-corrected chi connectivity index (χ3v) is 3.81. The van der Waals surface area contributed by atoms with Gasteiger partial charge in [0.15, 0.2) is 11.9 Å². The topological polar surface area (TPSA) is 96.5 Å². The number of benzene rings is 1. The summed E-state index contributed by atoms with van der Waals surface area (Å²) in [6.07, 6.45) is -1.06. The van der Waals surface area contributed by atoms with Gasteiger partial charge in [0, 0.05) is 11.3 Å². The van der Waals surface area contributed by atoms with E-state index in [0.29, 0.717) is 16.8 Å². The molecule has 0 radical (unpaired) electrons. The number of phenols is 1. The molecule has 0 saturated heterocycles. The number of aromatic nitrogens is 1. The predicted octanol–water partition coefficient (Wildman–Crippen LogP) is 2.97. The molecule has 1 atom stereocenters. The number of aryl methyl sites for hydroxylation is 1. The molecule has 0 saturated carbocycles. The van der Waals surface area contributed by atoms with Gasteiger partial charge in [0.05, 0.1) is 5.69 Å². The minimum Gasteiger partial charge on any atom is -0.507 e. The van der Waals surface area contributed by atoms with E-state index in [1.807, 2.05) is 0 Å². The normalized spacial score (nSPS) is 11.8. The number of carbonyl (C=O) groups is 3. The van der Waals surface area contributed by atoms with Crippen molar-refractivity contribution in [1.82, 2.24) is 4.98 Å². The maximum Gasteiger partial charge on any atom is 0.342 e. The fourth-order valence-electron chi connectivity index (χ4n) is 2.65. The van der Waals surface area contributed by atoms with E-state index in [-0.39, 0.29) is 22.8 Å². The van der Waals surface area contributed by atoms with Crippen LogP contribution in [0.5, 0.6) is 5.75 Å². The van der Waals surface area contributed by atoms with Crippen LogP contribution in [0.2, 0.25) is 0 Å². The molecule has 2 aromatic rings. The van der Waals surface area contributed by atoms with Crippen LogP contribution >= 0.6 is 0 Å². The number of H-pyrrole nitrogens is 1. The third kappa shape index (κ3) is 3.22. The highest BCUT2D eigenvalue weighted by atomic mass is 16.5. The molecular formula is C18H19NO5. The summed E-state index contributed by atoms with van der Waals surface area (Å²) in [5.41, 5.74) is 1.84. The zero-order valence-electron chi connectivity index (χ0n) is 14.0. The van der Waals surface area contributed by atoms with E-state index < -0.39 is 17.9 Å². The molecule has 0 fully saturated rings. The second-order valence-corrected chi connectivity index (χ2v) is 5.61. The van der Waals surface area contributed by atoms with Crippen molar-refractivity contribution in [2.45, 2.75) is 33.8 Å². The molecule has 6 nitrogen and oxygen atoms in total. The fourth-order valence-corrected chi connectivity index (χ4v) is 2.65. The minimum absolute atomic E-state index is 0.0130. The molecule has 24 heavy (non-hydrogen) atoms. The Morgan fingerprint density at radius 1 is 1.17 bits per heavy atom. The Labute approximate surface area is 139 Å². The number of aromatic amines is 1. The summed E-state index contributed by atoms with van der Waals surface area (Å²) >= 11 is 0. The van der Waals surface area contributed by atoms with Gasteiger partial charge in [0.2, 0.25) is 5.78 Å². The first kappa shape index (κ1) is 17.5. The largest absolute Gasteiger partial charge is 0.507 e. The summed E-state index contributed by atoms with van der Waals surface area (Å²) in [7, 11) is 0. The number of aromatic hydroxyl groups is 1. The lowest BCUT2D eigenvalue weighted by Crippen LogP contribution is -2.25. The molecular weight excluding hydrogens is 310 g/mol. The van der Waals surface area contributed by atoms with E-state index in [0.717, 1.165) is 0 Å². The van der Waals surface area contributed by atoms with Gasteiger partial charge < -0.3 is 14.8 Å². The summed E-state index contributed by atoms with van der Waals surface area (Å²) in [6, 6.07) is 5.93. The molecule has 2 rings (SSSR count). The lowest BCUT2D eigenvalue weighted by atomic mass is 10.0. The van der Waals surface area contributed by atoms with Crippen molar-refractivity contribution < 1.29 is 24.2 Å². The third-order valence-electron chi connectivity index (χ3n) is 3.81. The van der Waals surface area contributed by atoms with Crippen LogP contribution in [-0.4, -0.2) is 33.7 Å².